The highest BCUT2D eigenvalue weighted by Gasteiger charge is 2.17. The summed E-state index contributed by atoms with van der Waals surface area (Å²) in [5, 5.41) is 14.7. The monoisotopic (exact) mass is 365 g/mol. The third kappa shape index (κ3) is 3.00. The number of fused-ring (bicyclic) bond motifs is 1. The lowest BCUT2D eigenvalue weighted by molar-refractivity contribution is 0.0699. The summed E-state index contributed by atoms with van der Waals surface area (Å²) >= 11 is 5.83. The van der Waals surface area contributed by atoms with Crippen molar-refractivity contribution in [2.24, 2.45) is 0 Å². The fourth-order valence-electron chi connectivity index (χ4n) is 2.68. The van der Waals surface area contributed by atoms with Crippen LogP contribution in [0.3, 0.4) is 0 Å². The first-order valence-corrected chi connectivity index (χ1v) is 8.10. The van der Waals surface area contributed by atoms with Gasteiger partial charge in [0.25, 0.3) is 0 Å². The zero-order chi connectivity index (χ0) is 18.1. The molecule has 26 heavy (non-hydrogen) atoms. The normalized spacial score (nSPS) is 11.0. The maximum absolute atomic E-state index is 11.7. The Hall–Kier alpha value is -3.32. The van der Waals surface area contributed by atoms with Crippen LogP contribution in [0.25, 0.3) is 22.3 Å². The summed E-state index contributed by atoms with van der Waals surface area (Å²) in [6.07, 6.45) is 6.48. The van der Waals surface area contributed by atoms with Crippen LogP contribution in [0, 0.1) is 0 Å². The molecule has 0 aliphatic heterocycles. The molecule has 4 rings (SSSR count). The van der Waals surface area contributed by atoms with E-state index in [9.17, 15) is 9.90 Å². The maximum atomic E-state index is 11.7. The van der Waals surface area contributed by atoms with Gasteiger partial charge in [-0.2, -0.15) is 5.10 Å². The van der Waals surface area contributed by atoms with Gasteiger partial charge in [0.1, 0.15) is 5.15 Å². The highest BCUT2D eigenvalue weighted by atomic mass is 35.5. The third-order valence-electron chi connectivity index (χ3n) is 3.94. The van der Waals surface area contributed by atoms with Crippen molar-refractivity contribution in [2.75, 3.05) is 0 Å². The summed E-state index contributed by atoms with van der Waals surface area (Å²) in [6.45, 7) is 0.459. The van der Waals surface area contributed by atoms with Crippen molar-refractivity contribution in [1.29, 1.82) is 0 Å². The highest BCUT2D eigenvalue weighted by Crippen LogP contribution is 2.25. The summed E-state index contributed by atoms with van der Waals surface area (Å²) in [5.41, 5.74) is 2.79. The van der Waals surface area contributed by atoms with Gasteiger partial charge in [-0.1, -0.05) is 11.6 Å². The van der Waals surface area contributed by atoms with Crippen LogP contribution in [0.2, 0.25) is 5.15 Å². The van der Waals surface area contributed by atoms with Gasteiger partial charge >= 0.3 is 5.97 Å². The summed E-state index contributed by atoms with van der Waals surface area (Å²) in [5.74, 6) is -1.04. The molecule has 0 fully saturated rings. The summed E-state index contributed by atoms with van der Waals surface area (Å²) in [6, 6.07) is 8.65. The van der Waals surface area contributed by atoms with E-state index in [-0.39, 0.29) is 5.56 Å². The lowest BCUT2D eigenvalue weighted by Gasteiger charge is -2.07. The molecule has 0 saturated carbocycles. The molecule has 0 amide bonds. The number of carboxylic acid groups (broad SMARTS) is 1. The van der Waals surface area contributed by atoms with Crippen molar-refractivity contribution >= 4 is 28.6 Å². The molecule has 0 aromatic carbocycles. The van der Waals surface area contributed by atoms with Crippen LogP contribution in [0.4, 0.5) is 0 Å². The second kappa shape index (κ2) is 6.53. The minimum absolute atomic E-state index is 0.140. The van der Waals surface area contributed by atoms with Crippen LogP contribution in [0.5, 0.6) is 0 Å². The van der Waals surface area contributed by atoms with Crippen molar-refractivity contribution in [1.82, 2.24) is 24.7 Å². The molecule has 0 atom stereocenters. The van der Waals surface area contributed by atoms with Gasteiger partial charge in [0.15, 0.2) is 5.65 Å². The van der Waals surface area contributed by atoms with E-state index in [4.69, 9.17) is 11.6 Å². The molecule has 4 aromatic heterocycles. The fourth-order valence-corrected chi connectivity index (χ4v) is 2.79. The minimum atomic E-state index is -1.04. The molecule has 0 unspecified atom stereocenters. The quantitative estimate of drug-likeness (QED) is 0.558. The van der Waals surface area contributed by atoms with Gasteiger partial charge in [-0.25, -0.2) is 19.4 Å². The largest absolute Gasteiger partial charge is 0.478 e. The highest BCUT2D eigenvalue weighted by molar-refractivity contribution is 6.29. The van der Waals surface area contributed by atoms with E-state index >= 15 is 0 Å². The van der Waals surface area contributed by atoms with Crippen LogP contribution in [-0.2, 0) is 6.54 Å². The Morgan fingerprint density at radius 2 is 1.96 bits per heavy atom. The molecular formula is C18H12ClN5O2. The number of hydrogen-bond donors (Lipinski definition) is 1. The first kappa shape index (κ1) is 16.2. The molecule has 0 spiro atoms. The number of carbonyl (C=O) groups is 1. The molecule has 128 valence electrons. The van der Waals surface area contributed by atoms with Gasteiger partial charge in [-0.05, 0) is 35.9 Å². The van der Waals surface area contributed by atoms with Crippen LogP contribution in [0.15, 0.2) is 55.1 Å². The summed E-state index contributed by atoms with van der Waals surface area (Å²) < 4.78 is 1.67. The lowest BCUT2D eigenvalue weighted by Crippen LogP contribution is -2.05. The van der Waals surface area contributed by atoms with E-state index in [1.165, 1.54) is 12.3 Å². The molecular weight excluding hydrogens is 354 g/mol. The lowest BCUT2D eigenvalue weighted by atomic mass is 10.1. The molecule has 0 bridgehead atoms. The molecule has 0 aliphatic carbocycles. The van der Waals surface area contributed by atoms with Gasteiger partial charge in [-0.15, -0.1) is 0 Å². The molecule has 4 heterocycles. The van der Waals surface area contributed by atoms with Crippen molar-refractivity contribution in [3.63, 3.8) is 0 Å². The second-order valence-electron chi connectivity index (χ2n) is 5.62. The van der Waals surface area contributed by atoms with E-state index in [0.29, 0.717) is 34.0 Å². The van der Waals surface area contributed by atoms with Crippen molar-refractivity contribution in [2.45, 2.75) is 6.54 Å². The average molecular weight is 366 g/mol. The topological polar surface area (TPSA) is 93.8 Å². The number of aromatic carboxylic acids is 1. The zero-order valence-corrected chi connectivity index (χ0v) is 14.1. The molecule has 0 aliphatic rings. The number of rotatable bonds is 4. The number of hydrogen-bond acceptors (Lipinski definition) is 5. The Bertz CT molecular complexity index is 1090. The number of nitrogens with zero attached hydrogens (tertiary/aromatic N) is 5. The average Bonchev–Trinajstić information content (AvgIpc) is 3.05. The van der Waals surface area contributed by atoms with Gasteiger partial charge in [-0.3, -0.25) is 4.98 Å². The van der Waals surface area contributed by atoms with Gasteiger partial charge in [0.05, 0.1) is 29.4 Å². The van der Waals surface area contributed by atoms with Gasteiger partial charge in [0.2, 0.25) is 0 Å². The Morgan fingerprint density at radius 1 is 1.15 bits per heavy atom. The Labute approximate surface area is 152 Å². The van der Waals surface area contributed by atoms with Crippen LogP contribution >= 0.6 is 11.6 Å². The third-order valence-corrected chi connectivity index (χ3v) is 4.17. The van der Waals surface area contributed by atoms with E-state index in [0.717, 1.165) is 5.56 Å². The first-order valence-electron chi connectivity index (χ1n) is 7.72. The Morgan fingerprint density at radius 3 is 2.65 bits per heavy atom. The SMILES string of the molecule is O=C(O)c1cc(-c2ccc(Cl)nc2)nc2c1cnn2Cc1ccncc1. The van der Waals surface area contributed by atoms with E-state index in [2.05, 4.69) is 20.1 Å². The van der Waals surface area contributed by atoms with E-state index in [1.807, 2.05) is 12.1 Å². The first-order chi connectivity index (χ1) is 12.6. The Balaban J connectivity index is 1.87. The van der Waals surface area contributed by atoms with Crippen molar-refractivity contribution in [3.05, 3.63) is 71.4 Å². The van der Waals surface area contributed by atoms with Crippen LogP contribution < -0.4 is 0 Å². The molecule has 0 saturated heterocycles. The van der Waals surface area contributed by atoms with Crippen LogP contribution in [0.1, 0.15) is 15.9 Å². The maximum Gasteiger partial charge on any atom is 0.336 e. The molecule has 0 radical (unpaired) electrons. The summed E-state index contributed by atoms with van der Waals surface area (Å²) in [7, 11) is 0. The molecule has 1 N–H and O–H groups in total. The van der Waals surface area contributed by atoms with Crippen molar-refractivity contribution < 1.29 is 9.90 Å². The van der Waals surface area contributed by atoms with E-state index in [1.54, 1.807) is 35.4 Å². The molecule has 4 aromatic rings. The summed E-state index contributed by atoms with van der Waals surface area (Å²) in [4.78, 5) is 24.4. The second-order valence-corrected chi connectivity index (χ2v) is 6.01. The number of carboxylic acids is 1. The fraction of sp³-hybridized carbons (Fsp3) is 0.0556. The van der Waals surface area contributed by atoms with Gasteiger partial charge in [0, 0.05) is 24.2 Å². The predicted molar refractivity (Wildman–Crippen MR) is 96.1 cm³/mol. The number of halogens is 1. The Kier molecular flexibility index (Phi) is 4.06. The number of aromatic nitrogens is 5. The van der Waals surface area contributed by atoms with Crippen LogP contribution in [-0.4, -0.2) is 35.8 Å². The minimum Gasteiger partial charge on any atom is -0.478 e. The zero-order valence-electron chi connectivity index (χ0n) is 13.4. The standard InChI is InChI=1S/C18H12ClN5O2/c19-16-2-1-12(8-21-16)15-7-13(18(25)26)14-9-22-24(17(14)23-15)10-11-3-5-20-6-4-11/h1-9H,10H2,(H,25,26). The van der Waals surface area contributed by atoms with E-state index < -0.39 is 5.97 Å². The molecule has 8 heteroatoms. The predicted octanol–water partition coefficient (Wildman–Crippen LogP) is 3.29. The number of pyridine rings is 3. The smallest absolute Gasteiger partial charge is 0.336 e. The van der Waals surface area contributed by atoms with Crippen molar-refractivity contribution in [3.8, 4) is 11.3 Å². The molecule has 7 nitrogen and oxygen atoms in total. The van der Waals surface area contributed by atoms with Gasteiger partial charge < -0.3 is 5.11 Å².